The summed E-state index contributed by atoms with van der Waals surface area (Å²) in [5.74, 6) is 0.473. The van der Waals surface area contributed by atoms with Gasteiger partial charge in [0, 0.05) is 13.3 Å². The number of hydrogen-bond acceptors (Lipinski definition) is 5. The average molecular weight is 265 g/mol. The normalized spacial score (nSPS) is 14.3. The lowest BCUT2D eigenvalue weighted by Gasteiger charge is -2.10. The van der Waals surface area contributed by atoms with Gasteiger partial charge in [0.1, 0.15) is 11.5 Å². The smallest absolute Gasteiger partial charge is 0.221 e. The molecule has 0 saturated carbocycles. The molecule has 0 aliphatic carbocycles. The van der Waals surface area contributed by atoms with Crippen LogP contribution in [0.5, 0.6) is 0 Å². The van der Waals surface area contributed by atoms with Gasteiger partial charge in [-0.3, -0.25) is 4.79 Å². The number of H-pyrrole nitrogens is 1. The van der Waals surface area contributed by atoms with Crippen LogP contribution in [0.4, 0.5) is 5.00 Å². The molecule has 0 atom stereocenters. The first-order valence-electron chi connectivity index (χ1n) is 5.73. The number of hydrogen-bond donors (Lipinski definition) is 3. The molecule has 8 heteroatoms. The van der Waals surface area contributed by atoms with Crippen molar-refractivity contribution in [2.75, 3.05) is 11.9 Å². The van der Waals surface area contributed by atoms with Crippen molar-refractivity contribution in [3.8, 4) is 11.4 Å². The maximum Gasteiger partial charge on any atom is 0.221 e. The van der Waals surface area contributed by atoms with Crippen LogP contribution in [0.15, 0.2) is 0 Å². The quantitative estimate of drug-likeness (QED) is 0.682. The zero-order chi connectivity index (χ0) is 12.5. The molecule has 0 aromatic carbocycles. The zero-order valence-electron chi connectivity index (χ0n) is 9.86. The predicted molar refractivity (Wildman–Crippen MR) is 66.0 cm³/mol. The molecule has 1 aliphatic heterocycles. The monoisotopic (exact) mass is 265 g/mol. The minimum Gasteiger partial charge on any atom is -0.342 e. The Kier molecular flexibility index (Phi) is 2.80. The molecule has 2 aromatic heterocycles. The van der Waals surface area contributed by atoms with Crippen molar-refractivity contribution in [2.45, 2.75) is 19.9 Å². The average Bonchev–Trinajstić information content (AvgIpc) is 2.93. The summed E-state index contributed by atoms with van der Waals surface area (Å²) in [4.78, 5) is 12.6. The van der Waals surface area contributed by atoms with E-state index in [-0.39, 0.29) is 5.91 Å². The molecule has 2 aromatic rings. The highest BCUT2D eigenvalue weighted by atomic mass is 32.1. The van der Waals surface area contributed by atoms with E-state index in [0.717, 1.165) is 30.1 Å². The van der Waals surface area contributed by atoms with Crippen LogP contribution in [0.1, 0.15) is 17.4 Å². The Hall–Kier alpha value is -1.80. The Labute approximate surface area is 107 Å². The zero-order valence-corrected chi connectivity index (χ0v) is 10.7. The van der Waals surface area contributed by atoms with Crippen molar-refractivity contribution in [3.05, 3.63) is 10.4 Å². The van der Waals surface area contributed by atoms with Crippen molar-refractivity contribution in [3.63, 3.8) is 0 Å². The highest BCUT2D eigenvalue weighted by molar-refractivity contribution is 7.17. The second-order valence-electron chi connectivity index (χ2n) is 4.16. The number of aromatic amines is 1. The van der Waals surface area contributed by atoms with E-state index in [4.69, 9.17) is 0 Å². The number of quaternary nitrogens is 1. The summed E-state index contributed by atoms with van der Waals surface area (Å²) in [5, 5.41) is 20.1. The van der Waals surface area contributed by atoms with Crippen molar-refractivity contribution in [1.82, 2.24) is 20.6 Å². The van der Waals surface area contributed by atoms with Crippen molar-refractivity contribution >= 4 is 22.2 Å². The third-order valence-electron chi connectivity index (χ3n) is 2.88. The number of anilines is 1. The molecule has 1 amide bonds. The molecule has 0 radical (unpaired) electrons. The lowest BCUT2D eigenvalue weighted by molar-refractivity contribution is -0.672. The van der Waals surface area contributed by atoms with E-state index in [1.165, 1.54) is 17.4 Å². The molecule has 7 nitrogen and oxygen atoms in total. The summed E-state index contributed by atoms with van der Waals surface area (Å²) in [7, 11) is 0. The molecule has 0 fully saturated rings. The maximum atomic E-state index is 11.3. The third kappa shape index (κ3) is 1.89. The Morgan fingerprint density at radius 2 is 2.44 bits per heavy atom. The first kappa shape index (κ1) is 11.3. The Morgan fingerprint density at radius 3 is 3.17 bits per heavy atom. The molecule has 18 heavy (non-hydrogen) atoms. The fourth-order valence-corrected chi connectivity index (χ4v) is 3.46. The maximum absolute atomic E-state index is 11.3. The summed E-state index contributed by atoms with van der Waals surface area (Å²) in [6, 6.07) is 0. The van der Waals surface area contributed by atoms with Crippen LogP contribution in [0.3, 0.4) is 0 Å². The van der Waals surface area contributed by atoms with Gasteiger partial charge in [-0.15, -0.1) is 21.5 Å². The molecular formula is C10H13N6OS+. The van der Waals surface area contributed by atoms with Crippen LogP contribution in [-0.4, -0.2) is 33.1 Å². The molecular weight excluding hydrogens is 252 g/mol. The van der Waals surface area contributed by atoms with Gasteiger partial charge in [0.2, 0.25) is 11.7 Å². The molecule has 0 saturated heterocycles. The van der Waals surface area contributed by atoms with Crippen molar-refractivity contribution in [1.29, 1.82) is 0 Å². The van der Waals surface area contributed by atoms with E-state index in [1.54, 1.807) is 11.3 Å². The van der Waals surface area contributed by atoms with Gasteiger partial charge in [-0.1, -0.05) is 0 Å². The molecule has 3 rings (SSSR count). The number of carbonyl (C=O) groups excluding carboxylic acids is 1. The van der Waals surface area contributed by atoms with Crippen LogP contribution in [-0.2, 0) is 17.8 Å². The Morgan fingerprint density at radius 1 is 1.56 bits per heavy atom. The summed E-state index contributed by atoms with van der Waals surface area (Å²) in [5.41, 5.74) is 2.17. The van der Waals surface area contributed by atoms with Gasteiger partial charge in [-0.05, 0) is 10.8 Å². The molecule has 0 spiro atoms. The van der Waals surface area contributed by atoms with Gasteiger partial charge >= 0.3 is 0 Å². The molecule has 1 aliphatic rings. The minimum absolute atomic E-state index is 0.0812. The highest BCUT2D eigenvalue weighted by Crippen LogP contribution is 2.39. The van der Waals surface area contributed by atoms with Crippen LogP contribution in [0, 0.1) is 0 Å². The molecule has 3 heterocycles. The van der Waals surface area contributed by atoms with E-state index in [2.05, 4.69) is 31.3 Å². The third-order valence-corrected chi connectivity index (χ3v) is 4.05. The van der Waals surface area contributed by atoms with Crippen molar-refractivity contribution < 1.29 is 10.1 Å². The van der Waals surface area contributed by atoms with E-state index < -0.39 is 0 Å². The van der Waals surface area contributed by atoms with Gasteiger partial charge in [0.05, 0.1) is 17.0 Å². The minimum atomic E-state index is -0.0812. The number of carbonyl (C=O) groups is 1. The van der Waals surface area contributed by atoms with E-state index in [1.807, 2.05) is 0 Å². The highest BCUT2D eigenvalue weighted by Gasteiger charge is 2.26. The second-order valence-corrected chi connectivity index (χ2v) is 5.26. The first-order chi connectivity index (χ1) is 8.75. The van der Waals surface area contributed by atoms with Crippen LogP contribution >= 0.6 is 11.3 Å². The van der Waals surface area contributed by atoms with Crippen LogP contribution in [0.25, 0.3) is 11.4 Å². The van der Waals surface area contributed by atoms with Crippen LogP contribution in [0.2, 0.25) is 0 Å². The number of fused-ring (bicyclic) bond motifs is 1. The number of aromatic nitrogens is 4. The summed E-state index contributed by atoms with van der Waals surface area (Å²) >= 11 is 1.60. The standard InChI is InChI=1S/C10H12N6OS/c1-5(17)12-10-8(9-13-15-16-14-9)6-2-3-11-4-7(6)18-10/h11H,2-4H2,1H3,(H,12,17)(H,13,14,15,16)/p+1. The fraction of sp³-hybridized carbons (Fsp3) is 0.400. The second kappa shape index (κ2) is 4.46. The van der Waals surface area contributed by atoms with E-state index in [0.29, 0.717) is 5.82 Å². The number of rotatable bonds is 2. The van der Waals surface area contributed by atoms with Gasteiger partial charge in [-0.2, -0.15) is 5.21 Å². The number of nitrogens with zero attached hydrogens (tertiary/aromatic N) is 3. The number of amides is 1. The van der Waals surface area contributed by atoms with Crippen LogP contribution < -0.4 is 10.6 Å². The first-order valence-corrected chi connectivity index (χ1v) is 6.55. The SMILES string of the molecule is CC(=O)Nc1sc2c(c1-c1nn[nH]n1)CC[NH2+]C2. The fourth-order valence-electron chi connectivity index (χ4n) is 2.17. The predicted octanol–water partition coefficient (Wildman–Crippen LogP) is -0.494. The summed E-state index contributed by atoms with van der Waals surface area (Å²) < 4.78 is 0. The largest absolute Gasteiger partial charge is 0.342 e. The summed E-state index contributed by atoms with van der Waals surface area (Å²) in [6.07, 6.45) is 0.968. The summed E-state index contributed by atoms with van der Waals surface area (Å²) in [6.45, 7) is 3.50. The molecule has 0 unspecified atom stereocenters. The van der Waals surface area contributed by atoms with Gasteiger partial charge in [-0.25, -0.2) is 0 Å². The lowest BCUT2D eigenvalue weighted by Crippen LogP contribution is -2.84. The Balaban J connectivity index is 2.13. The number of nitrogens with one attached hydrogen (secondary N) is 2. The topological polar surface area (TPSA) is 100 Å². The van der Waals surface area contributed by atoms with E-state index >= 15 is 0 Å². The molecule has 0 bridgehead atoms. The van der Waals surface area contributed by atoms with Crippen molar-refractivity contribution in [2.24, 2.45) is 0 Å². The lowest BCUT2D eigenvalue weighted by atomic mass is 10.0. The number of thiophene rings is 1. The van der Waals surface area contributed by atoms with Gasteiger partial charge in [0.15, 0.2) is 0 Å². The molecule has 4 N–H and O–H groups in total. The Bertz CT molecular complexity index is 575. The van der Waals surface area contributed by atoms with E-state index in [9.17, 15) is 4.79 Å². The van der Waals surface area contributed by atoms with Gasteiger partial charge in [0.25, 0.3) is 0 Å². The molecule has 94 valence electrons. The number of tetrazole rings is 1. The number of nitrogens with two attached hydrogens (primary N) is 1. The van der Waals surface area contributed by atoms with Gasteiger partial charge < -0.3 is 10.6 Å².